The molecular formula is C45H38Cl2N14O2. The van der Waals surface area contributed by atoms with Crippen LogP contribution >= 0.6 is 23.2 Å². The number of fused-ring (bicyclic) bond motifs is 4. The van der Waals surface area contributed by atoms with E-state index >= 15 is 0 Å². The number of hydrogen-bond acceptors (Lipinski definition) is 10. The molecule has 2 amide bonds. The highest BCUT2D eigenvalue weighted by Gasteiger charge is 2.26. The number of benzene rings is 4. The van der Waals surface area contributed by atoms with Gasteiger partial charge in [0.1, 0.15) is 16.6 Å². The summed E-state index contributed by atoms with van der Waals surface area (Å²) < 4.78 is 4.71. The molecule has 0 aliphatic heterocycles. The van der Waals surface area contributed by atoms with Crippen molar-refractivity contribution in [3.63, 3.8) is 0 Å². The van der Waals surface area contributed by atoms with Crippen LogP contribution in [-0.4, -0.2) is 61.0 Å². The van der Waals surface area contributed by atoms with E-state index in [2.05, 4.69) is 46.1 Å². The fraction of sp³-hybridized carbons (Fsp3) is 0.111. The Morgan fingerprint density at radius 2 is 1.17 bits per heavy atom. The van der Waals surface area contributed by atoms with E-state index in [1.54, 1.807) is 47.8 Å². The molecule has 4 aromatic carbocycles. The summed E-state index contributed by atoms with van der Waals surface area (Å²) in [5.41, 5.74) is 20.4. The number of amides is 2. The SMILES string of the molecule is CC(NC(=O)c1c(N)nn2cccnc12)c1cc(Cl)c2cn(C)nc2c1-c1ccccc1.CC(NC(=O)c1c(N)nn2cccnc12)c1cc(Cl)c2cn[nH]c2c1-c1ccccc1. The second kappa shape index (κ2) is 16.6. The van der Waals surface area contributed by atoms with Gasteiger partial charge in [-0.3, -0.25) is 19.4 Å². The van der Waals surface area contributed by atoms with Gasteiger partial charge in [0.05, 0.1) is 33.8 Å². The standard InChI is InChI=1S/C23H20ClN7O.C22H18ClN7O/c1-13(27-23(32)19-21(25)29-31-10-6-9-26-22(19)31)15-11-17(24)16-12-30(2)28-20(16)18(15)14-7-4-3-5-8-14;1-12(27-22(31)18-20(24)29-30-9-5-8-25-21(18)30)14-10-16(23)15-11-26-28-19(15)17(14)13-6-3-2-4-7-13/h3-13H,1-2H3,(H2,25,29)(H,27,32);2-12H,1H3,(H2,24,29)(H,26,28)(H,27,31). The Bertz CT molecular complexity index is 3340. The van der Waals surface area contributed by atoms with Crippen LogP contribution < -0.4 is 22.1 Å². The van der Waals surface area contributed by atoms with Crippen molar-refractivity contribution in [1.82, 2.24) is 59.8 Å². The molecule has 0 aliphatic carbocycles. The zero-order chi connectivity index (χ0) is 43.9. The zero-order valence-corrected chi connectivity index (χ0v) is 35.5. The minimum absolute atomic E-state index is 0.119. The maximum Gasteiger partial charge on any atom is 0.259 e. The first kappa shape index (κ1) is 40.6. The Hall–Kier alpha value is -7.82. The molecule has 2 atom stereocenters. The normalized spacial score (nSPS) is 12.3. The minimum atomic E-state index is -0.389. The number of nitrogens with two attached hydrogens (primary N) is 2. The monoisotopic (exact) mass is 876 g/mol. The van der Waals surface area contributed by atoms with Crippen LogP contribution in [0.3, 0.4) is 0 Å². The molecule has 16 nitrogen and oxygen atoms in total. The molecule has 7 N–H and O–H groups in total. The van der Waals surface area contributed by atoms with Gasteiger partial charge >= 0.3 is 0 Å². The van der Waals surface area contributed by atoms with Crippen molar-refractivity contribution in [2.24, 2.45) is 7.05 Å². The second-order valence-corrected chi connectivity index (χ2v) is 15.6. The lowest BCUT2D eigenvalue weighted by atomic mass is 9.93. The van der Waals surface area contributed by atoms with E-state index in [0.29, 0.717) is 21.3 Å². The average Bonchev–Trinajstić information content (AvgIpc) is 4.08. The number of nitrogens with one attached hydrogen (secondary N) is 3. The third-order valence-electron chi connectivity index (χ3n) is 10.7. The van der Waals surface area contributed by atoms with Gasteiger partial charge in [-0.25, -0.2) is 19.0 Å². The van der Waals surface area contributed by atoms with Crippen LogP contribution in [-0.2, 0) is 7.05 Å². The number of nitrogen functional groups attached to an aromatic ring is 2. The molecule has 10 aromatic rings. The smallest absolute Gasteiger partial charge is 0.259 e. The van der Waals surface area contributed by atoms with Crippen molar-refractivity contribution >= 4 is 79.8 Å². The van der Waals surface area contributed by atoms with E-state index in [4.69, 9.17) is 34.7 Å². The van der Waals surface area contributed by atoms with Crippen molar-refractivity contribution in [3.8, 4) is 22.3 Å². The molecule has 0 aliphatic rings. The summed E-state index contributed by atoms with van der Waals surface area (Å²) in [5.74, 6) is -0.484. The molecule has 6 aromatic heterocycles. The lowest BCUT2D eigenvalue weighted by Gasteiger charge is -2.19. The summed E-state index contributed by atoms with van der Waals surface area (Å²) in [7, 11) is 1.86. The lowest BCUT2D eigenvalue weighted by Crippen LogP contribution is -2.27. The van der Waals surface area contributed by atoms with Gasteiger partial charge in [-0.1, -0.05) is 83.9 Å². The number of hydrogen-bond donors (Lipinski definition) is 5. The number of carbonyl (C=O) groups excluding carboxylic acids is 2. The highest BCUT2D eigenvalue weighted by Crippen LogP contribution is 2.40. The number of aromatic nitrogens is 10. The van der Waals surface area contributed by atoms with Gasteiger partial charge in [0, 0.05) is 59.9 Å². The largest absolute Gasteiger partial charge is 0.381 e. The third kappa shape index (κ3) is 7.51. The van der Waals surface area contributed by atoms with Crippen LogP contribution in [0.2, 0.25) is 10.0 Å². The number of nitrogens with zero attached hydrogens (tertiary/aromatic N) is 9. The Morgan fingerprint density at radius 3 is 1.71 bits per heavy atom. The van der Waals surface area contributed by atoms with Gasteiger partial charge in [-0.15, -0.1) is 10.2 Å². The fourth-order valence-electron chi connectivity index (χ4n) is 7.80. The van der Waals surface area contributed by atoms with E-state index < -0.39 is 0 Å². The minimum Gasteiger partial charge on any atom is -0.381 e. The average molecular weight is 878 g/mol. The van der Waals surface area contributed by atoms with E-state index in [9.17, 15) is 9.59 Å². The summed E-state index contributed by atoms with van der Waals surface area (Å²) in [4.78, 5) is 34.8. The number of rotatable bonds is 8. The first-order valence-electron chi connectivity index (χ1n) is 19.7. The molecule has 63 heavy (non-hydrogen) atoms. The fourth-order valence-corrected chi connectivity index (χ4v) is 8.32. The number of H-pyrrole nitrogens is 1. The number of aryl methyl sites for hydroxylation is 1. The number of carbonyl (C=O) groups is 2. The van der Waals surface area contributed by atoms with Crippen LogP contribution in [0.1, 0.15) is 57.8 Å². The first-order chi connectivity index (χ1) is 30.5. The molecule has 0 saturated heterocycles. The summed E-state index contributed by atoms with van der Waals surface area (Å²) in [5, 5.41) is 29.1. The number of aromatic amines is 1. The summed E-state index contributed by atoms with van der Waals surface area (Å²) in [6.45, 7) is 3.80. The van der Waals surface area contributed by atoms with Crippen LogP contribution in [0.5, 0.6) is 0 Å². The highest BCUT2D eigenvalue weighted by molar-refractivity contribution is 6.36. The molecule has 314 valence electrons. The maximum atomic E-state index is 13.2. The van der Waals surface area contributed by atoms with E-state index in [1.807, 2.05) is 99.9 Å². The molecule has 0 fully saturated rings. The van der Waals surface area contributed by atoms with Gasteiger partial charge in [-0.2, -0.15) is 10.2 Å². The Labute approximate surface area is 368 Å². The molecule has 0 spiro atoms. The predicted octanol–water partition coefficient (Wildman–Crippen LogP) is 8.01. The number of halogens is 2. The summed E-state index contributed by atoms with van der Waals surface area (Å²) >= 11 is 13.1. The summed E-state index contributed by atoms with van der Waals surface area (Å²) in [6, 6.07) is 26.2. The second-order valence-electron chi connectivity index (χ2n) is 14.8. The Morgan fingerprint density at radius 1 is 0.683 bits per heavy atom. The molecule has 0 radical (unpaired) electrons. The Kier molecular flexibility index (Phi) is 10.7. The first-order valence-corrected chi connectivity index (χ1v) is 20.5. The summed E-state index contributed by atoms with van der Waals surface area (Å²) in [6.07, 6.45) is 10.2. The lowest BCUT2D eigenvalue weighted by molar-refractivity contribution is 0.0933. The zero-order valence-electron chi connectivity index (χ0n) is 34.0. The van der Waals surface area contributed by atoms with Gasteiger partial charge in [0.25, 0.3) is 11.8 Å². The van der Waals surface area contributed by atoms with Crippen LogP contribution in [0.15, 0.2) is 122 Å². The van der Waals surface area contributed by atoms with Crippen molar-refractivity contribution in [2.45, 2.75) is 25.9 Å². The predicted molar refractivity (Wildman–Crippen MR) is 244 cm³/mol. The van der Waals surface area contributed by atoms with Crippen LogP contribution in [0.4, 0.5) is 11.6 Å². The van der Waals surface area contributed by atoms with Crippen molar-refractivity contribution < 1.29 is 9.59 Å². The van der Waals surface area contributed by atoms with E-state index in [0.717, 1.165) is 55.2 Å². The van der Waals surface area contributed by atoms with Crippen LogP contribution in [0, 0.1) is 0 Å². The Balaban J connectivity index is 0.000000160. The van der Waals surface area contributed by atoms with Crippen molar-refractivity contribution in [3.05, 3.63) is 154 Å². The topological polar surface area (TPSA) is 217 Å². The van der Waals surface area contributed by atoms with Crippen molar-refractivity contribution in [1.29, 1.82) is 0 Å². The molecule has 6 heterocycles. The van der Waals surface area contributed by atoms with Gasteiger partial charge in [-0.05, 0) is 60.4 Å². The highest BCUT2D eigenvalue weighted by atomic mass is 35.5. The molecule has 10 rings (SSSR count). The molecule has 0 bridgehead atoms. The quantitative estimate of drug-likeness (QED) is 0.0991. The number of anilines is 2. The van der Waals surface area contributed by atoms with Gasteiger partial charge in [0.2, 0.25) is 0 Å². The molecule has 0 saturated carbocycles. The van der Waals surface area contributed by atoms with Gasteiger partial charge < -0.3 is 22.1 Å². The third-order valence-corrected chi connectivity index (χ3v) is 11.3. The van der Waals surface area contributed by atoms with E-state index in [1.165, 1.54) is 9.03 Å². The van der Waals surface area contributed by atoms with Crippen LogP contribution in [0.25, 0.3) is 55.4 Å². The molecule has 2 unspecified atom stereocenters. The van der Waals surface area contributed by atoms with Crippen molar-refractivity contribution in [2.75, 3.05) is 11.5 Å². The molecular weight excluding hydrogens is 839 g/mol. The van der Waals surface area contributed by atoms with Gasteiger partial charge in [0.15, 0.2) is 22.9 Å². The molecule has 18 heteroatoms. The van der Waals surface area contributed by atoms with E-state index in [-0.39, 0.29) is 46.7 Å². The maximum absolute atomic E-state index is 13.2.